The van der Waals surface area contributed by atoms with Crippen molar-refractivity contribution in [3.05, 3.63) is 58.1 Å². The summed E-state index contributed by atoms with van der Waals surface area (Å²) in [7, 11) is 0. The SMILES string of the molecule is Cc1cccc(Oc2cc(Br)ccc2CNC2CC2)c1. The Labute approximate surface area is 128 Å². The summed E-state index contributed by atoms with van der Waals surface area (Å²) in [4.78, 5) is 0. The van der Waals surface area contributed by atoms with Crippen LogP contribution >= 0.6 is 15.9 Å². The lowest BCUT2D eigenvalue weighted by atomic mass is 10.2. The predicted molar refractivity (Wildman–Crippen MR) is 85.3 cm³/mol. The summed E-state index contributed by atoms with van der Waals surface area (Å²) in [6, 6.07) is 15.0. The van der Waals surface area contributed by atoms with Crippen LogP contribution < -0.4 is 10.1 Å². The summed E-state index contributed by atoms with van der Waals surface area (Å²) in [5.74, 6) is 1.80. The minimum Gasteiger partial charge on any atom is -0.457 e. The average molecular weight is 332 g/mol. The minimum absolute atomic E-state index is 0.700. The molecule has 1 N–H and O–H groups in total. The molecular formula is C17H18BrNO. The van der Waals surface area contributed by atoms with Gasteiger partial charge in [0.15, 0.2) is 0 Å². The highest BCUT2D eigenvalue weighted by molar-refractivity contribution is 9.10. The Hall–Kier alpha value is -1.32. The summed E-state index contributed by atoms with van der Waals surface area (Å²) in [6.45, 7) is 2.93. The van der Waals surface area contributed by atoms with Gasteiger partial charge in [-0.3, -0.25) is 0 Å². The molecule has 2 nitrogen and oxygen atoms in total. The van der Waals surface area contributed by atoms with Crippen LogP contribution in [0, 0.1) is 6.92 Å². The van der Waals surface area contributed by atoms with Gasteiger partial charge in [-0.2, -0.15) is 0 Å². The molecule has 0 aromatic heterocycles. The van der Waals surface area contributed by atoms with Gasteiger partial charge in [0.1, 0.15) is 11.5 Å². The predicted octanol–water partition coefficient (Wildman–Crippen LogP) is 4.80. The molecule has 3 heteroatoms. The molecule has 1 aliphatic carbocycles. The van der Waals surface area contributed by atoms with Crippen molar-refractivity contribution in [2.45, 2.75) is 32.4 Å². The fourth-order valence-electron chi connectivity index (χ4n) is 2.12. The molecule has 0 amide bonds. The van der Waals surface area contributed by atoms with E-state index in [2.05, 4.69) is 52.4 Å². The first-order valence-electron chi connectivity index (χ1n) is 6.97. The standard InChI is InChI=1S/C17H18BrNO/c1-12-3-2-4-16(9-12)20-17-10-14(18)6-5-13(17)11-19-15-7-8-15/h2-6,9-10,15,19H,7-8,11H2,1H3. The third-order valence-electron chi connectivity index (χ3n) is 3.41. The molecule has 1 saturated carbocycles. The Morgan fingerprint density at radius 3 is 2.80 bits per heavy atom. The number of halogens is 1. The van der Waals surface area contributed by atoms with Crippen LogP contribution in [0.5, 0.6) is 11.5 Å². The maximum Gasteiger partial charge on any atom is 0.133 e. The second-order valence-corrected chi connectivity index (χ2v) is 6.24. The molecule has 3 rings (SSSR count). The molecule has 2 aromatic rings. The zero-order valence-electron chi connectivity index (χ0n) is 11.5. The largest absolute Gasteiger partial charge is 0.457 e. The van der Waals surface area contributed by atoms with Gasteiger partial charge in [0, 0.05) is 22.6 Å². The summed E-state index contributed by atoms with van der Waals surface area (Å²) in [5.41, 5.74) is 2.40. The summed E-state index contributed by atoms with van der Waals surface area (Å²) >= 11 is 3.52. The molecule has 20 heavy (non-hydrogen) atoms. The maximum absolute atomic E-state index is 6.05. The van der Waals surface area contributed by atoms with Crippen LogP contribution in [0.1, 0.15) is 24.0 Å². The van der Waals surface area contributed by atoms with Crippen molar-refractivity contribution in [1.82, 2.24) is 5.32 Å². The van der Waals surface area contributed by atoms with E-state index in [4.69, 9.17) is 4.74 Å². The summed E-state index contributed by atoms with van der Waals surface area (Å²) < 4.78 is 7.09. The number of hydrogen-bond donors (Lipinski definition) is 1. The molecule has 1 fully saturated rings. The highest BCUT2D eigenvalue weighted by Gasteiger charge is 2.20. The van der Waals surface area contributed by atoms with Crippen LogP contribution in [-0.2, 0) is 6.54 Å². The molecule has 0 radical (unpaired) electrons. The van der Waals surface area contributed by atoms with E-state index in [1.165, 1.54) is 24.0 Å². The van der Waals surface area contributed by atoms with Gasteiger partial charge < -0.3 is 10.1 Å². The van der Waals surface area contributed by atoms with Gasteiger partial charge in [0.25, 0.3) is 0 Å². The molecule has 0 aliphatic heterocycles. The topological polar surface area (TPSA) is 21.3 Å². The highest BCUT2D eigenvalue weighted by atomic mass is 79.9. The first-order valence-corrected chi connectivity index (χ1v) is 7.76. The third-order valence-corrected chi connectivity index (χ3v) is 3.90. The van der Waals surface area contributed by atoms with Crippen molar-refractivity contribution in [2.24, 2.45) is 0 Å². The number of hydrogen-bond acceptors (Lipinski definition) is 2. The second kappa shape index (κ2) is 5.98. The number of benzene rings is 2. The molecule has 0 bridgehead atoms. The monoisotopic (exact) mass is 331 g/mol. The van der Waals surface area contributed by atoms with Gasteiger partial charge in [0.05, 0.1) is 0 Å². The van der Waals surface area contributed by atoms with E-state index in [0.29, 0.717) is 6.04 Å². The number of aryl methyl sites for hydroxylation is 1. The van der Waals surface area contributed by atoms with E-state index in [0.717, 1.165) is 22.5 Å². The Morgan fingerprint density at radius 1 is 1.20 bits per heavy atom. The molecule has 1 aliphatic rings. The van der Waals surface area contributed by atoms with Crippen LogP contribution in [0.4, 0.5) is 0 Å². The van der Waals surface area contributed by atoms with Gasteiger partial charge in [-0.15, -0.1) is 0 Å². The average Bonchev–Trinajstić information content (AvgIpc) is 3.22. The molecule has 0 heterocycles. The van der Waals surface area contributed by atoms with Crippen molar-refractivity contribution in [3.63, 3.8) is 0 Å². The lowest BCUT2D eigenvalue weighted by Gasteiger charge is -2.13. The number of nitrogens with one attached hydrogen (secondary N) is 1. The minimum atomic E-state index is 0.700. The van der Waals surface area contributed by atoms with E-state index in [1.807, 2.05) is 18.2 Å². The maximum atomic E-state index is 6.05. The number of ether oxygens (including phenoxy) is 1. The smallest absolute Gasteiger partial charge is 0.133 e. The Bertz CT molecular complexity index is 608. The molecule has 0 spiro atoms. The summed E-state index contributed by atoms with van der Waals surface area (Å²) in [5, 5.41) is 3.53. The van der Waals surface area contributed by atoms with E-state index in [1.54, 1.807) is 0 Å². The van der Waals surface area contributed by atoms with Gasteiger partial charge >= 0.3 is 0 Å². The fourth-order valence-corrected chi connectivity index (χ4v) is 2.46. The molecule has 2 aromatic carbocycles. The van der Waals surface area contributed by atoms with Crippen LogP contribution in [0.2, 0.25) is 0 Å². The van der Waals surface area contributed by atoms with Crippen molar-refractivity contribution >= 4 is 15.9 Å². The third kappa shape index (κ3) is 3.62. The molecule has 0 atom stereocenters. The highest BCUT2D eigenvalue weighted by Crippen LogP contribution is 2.30. The zero-order valence-corrected chi connectivity index (χ0v) is 13.1. The van der Waals surface area contributed by atoms with Crippen molar-refractivity contribution in [1.29, 1.82) is 0 Å². The lowest BCUT2D eigenvalue weighted by molar-refractivity contribution is 0.472. The van der Waals surface area contributed by atoms with Crippen molar-refractivity contribution in [2.75, 3.05) is 0 Å². The quantitative estimate of drug-likeness (QED) is 0.849. The van der Waals surface area contributed by atoms with E-state index in [9.17, 15) is 0 Å². The van der Waals surface area contributed by atoms with Gasteiger partial charge in [-0.25, -0.2) is 0 Å². The van der Waals surface area contributed by atoms with Crippen LogP contribution in [-0.4, -0.2) is 6.04 Å². The van der Waals surface area contributed by atoms with Crippen LogP contribution in [0.25, 0.3) is 0 Å². The molecule has 0 saturated heterocycles. The van der Waals surface area contributed by atoms with Gasteiger partial charge in [0.2, 0.25) is 0 Å². The zero-order chi connectivity index (χ0) is 13.9. The molecule has 104 valence electrons. The first kappa shape index (κ1) is 13.7. The van der Waals surface area contributed by atoms with Crippen molar-refractivity contribution in [3.8, 4) is 11.5 Å². The van der Waals surface area contributed by atoms with Gasteiger partial charge in [-0.1, -0.05) is 34.1 Å². The van der Waals surface area contributed by atoms with E-state index >= 15 is 0 Å². The lowest BCUT2D eigenvalue weighted by Crippen LogP contribution is -2.15. The first-order chi connectivity index (χ1) is 9.70. The Kier molecular flexibility index (Phi) is 4.08. The Balaban J connectivity index is 1.80. The fraction of sp³-hybridized carbons (Fsp3) is 0.294. The molecular weight excluding hydrogens is 314 g/mol. The van der Waals surface area contributed by atoms with Gasteiger partial charge in [-0.05, 0) is 49.6 Å². The normalized spacial score (nSPS) is 14.3. The van der Waals surface area contributed by atoms with E-state index < -0.39 is 0 Å². The Morgan fingerprint density at radius 2 is 2.05 bits per heavy atom. The van der Waals surface area contributed by atoms with Crippen LogP contribution in [0.3, 0.4) is 0 Å². The van der Waals surface area contributed by atoms with Crippen LogP contribution in [0.15, 0.2) is 46.9 Å². The number of rotatable bonds is 5. The second-order valence-electron chi connectivity index (χ2n) is 5.33. The summed E-state index contributed by atoms with van der Waals surface area (Å²) in [6.07, 6.45) is 2.59. The molecule has 0 unspecified atom stereocenters. The van der Waals surface area contributed by atoms with Crippen molar-refractivity contribution < 1.29 is 4.74 Å². The van der Waals surface area contributed by atoms with E-state index in [-0.39, 0.29) is 0 Å².